The number of carbonyl (C=O) groups is 2. The maximum atomic E-state index is 11.8. The highest BCUT2D eigenvalue weighted by Crippen LogP contribution is 2.25. The van der Waals surface area contributed by atoms with Gasteiger partial charge in [0.2, 0.25) is 11.8 Å². The maximum absolute atomic E-state index is 11.8. The van der Waals surface area contributed by atoms with E-state index < -0.39 is 0 Å². The Morgan fingerprint density at radius 2 is 1.64 bits per heavy atom. The van der Waals surface area contributed by atoms with E-state index in [1.165, 1.54) is 38.5 Å². The number of amides is 2. The van der Waals surface area contributed by atoms with E-state index in [-0.39, 0.29) is 11.8 Å². The smallest absolute Gasteiger partial charge is 0.220 e. The predicted octanol–water partition coefficient (Wildman–Crippen LogP) is 1.58. The van der Waals surface area contributed by atoms with Crippen LogP contribution in [0.1, 0.15) is 57.8 Å². The van der Waals surface area contributed by atoms with Crippen molar-refractivity contribution in [3.63, 3.8) is 0 Å². The lowest BCUT2D eigenvalue weighted by Crippen LogP contribution is -2.35. The molecule has 126 valence electrons. The van der Waals surface area contributed by atoms with Crippen LogP contribution in [0.4, 0.5) is 0 Å². The topological polar surface area (TPSA) is 70.2 Å². The zero-order valence-corrected chi connectivity index (χ0v) is 13.7. The monoisotopic (exact) mass is 309 g/mol. The molecule has 1 unspecified atom stereocenters. The van der Waals surface area contributed by atoms with E-state index in [0.29, 0.717) is 37.8 Å². The molecule has 0 bridgehead atoms. The molecule has 1 aliphatic carbocycles. The van der Waals surface area contributed by atoms with Gasteiger partial charge < -0.3 is 16.0 Å². The standard InChI is InChI=1S/C17H31N3O2/c21-16(7-6-15-8-9-18-13-15)19-10-11-20-17(22)12-14-4-2-1-3-5-14/h14-15,18H,1-13H2,(H,19,21)(H,20,22). The van der Waals surface area contributed by atoms with E-state index in [4.69, 9.17) is 0 Å². The number of rotatable bonds is 8. The van der Waals surface area contributed by atoms with Crippen molar-refractivity contribution in [1.29, 1.82) is 0 Å². The van der Waals surface area contributed by atoms with Crippen molar-refractivity contribution in [2.24, 2.45) is 11.8 Å². The lowest BCUT2D eigenvalue weighted by Gasteiger charge is -2.20. The van der Waals surface area contributed by atoms with Crippen LogP contribution in [0.2, 0.25) is 0 Å². The third-order valence-electron chi connectivity index (χ3n) is 4.91. The third-order valence-corrected chi connectivity index (χ3v) is 4.91. The van der Waals surface area contributed by atoms with Crippen LogP contribution < -0.4 is 16.0 Å². The fourth-order valence-electron chi connectivity index (χ4n) is 3.51. The minimum absolute atomic E-state index is 0.105. The second kappa shape index (κ2) is 9.82. The largest absolute Gasteiger partial charge is 0.354 e. The zero-order valence-electron chi connectivity index (χ0n) is 13.7. The van der Waals surface area contributed by atoms with Crippen molar-refractivity contribution in [3.8, 4) is 0 Å². The Morgan fingerprint density at radius 3 is 2.32 bits per heavy atom. The second-order valence-corrected chi connectivity index (χ2v) is 6.81. The first kappa shape index (κ1) is 17.3. The van der Waals surface area contributed by atoms with E-state index in [2.05, 4.69) is 16.0 Å². The molecule has 0 radical (unpaired) electrons. The molecule has 0 spiro atoms. The molecule has 3 N–H and O–H groups in total. The molecule has 22 heavy (non-hydrogen) atoms. The Balaban J connectivity index is 1.45. The molecule has 0 aromatic rings. The SMILES string of the molecule is O=C(CCC1CCNC1)NCCNC(=O)CC1CCCCC1. The lowest BCUT2D eigenvalue weighted by molar-refractivity contribution is -0.123. The van der Waals surface area contributed by atoms with Gasteiger partial charge in [0, 0.05) is 25.9 Å². The van der Waals surface area contributed by atoms with Crippen LogP contribution in [-0.2, 0) is 9.59 Å². The van der Waals surface area contributed by atoms with Crippen molar-refractivity contribution in [2.45, 2.75) is 57.8 Å². The summed E-state index contributed by atoms with van der Waals surface area (Å²) in [4.78, 5) is 23.5. The van der Waals surface area contributed by atoms with Crippen LogP contribution >= 0.6 is 0 Å². The minimum atomic E-state index is 0.105. The van der Waals surface area contributed by atoms with Gasteiger partial charge in [-0.25, -0.2) is 0 Å². The Bertz CT molecular complexity index is 348. The first-order chi connectivity index (χ1) is 10.7. The molecule has 1 aliphatic heterocycles. The summed E-state index contributed by atoms with van der Waals surface area (Å²) in [5.74, 6) is 1.47. The van der Waals surface area contributed by atoms with Gasteiger partial charge in [0.25, 0.3) is 0 Å². The average Bonchev–Trinajstić information content (AvgIpc) is 3.04. The fourth-order valence-corrected chi connectivity index (χ4v) is 3.51. The Hall–Kier alpha value is -1.10. The molecule has 2 rings (SSSR count). The van der Waals surface area contributed by atoms with Crippen LogP contribution in [0.25, 0.3) is 0 Å². The number of carbonyl (C=O) groups excluding carboxylic acids is 2. The summed E-state index contributed by atoms with van der Waals surface area (Å²) in [6.07, 6.45) is 9.65. The summed E-state index contributed by atoms with van der Waals surface area (Å²) < 4.78 is 0. The molecule has 1 atom stereocenters. The summed E-state index contributed by atoms with van der Waals surface area (Å²) in [5.41, 5.74) is 0. The molecule has 2 amide bonds. The van der Waals surface area contributed by atoms with Crippen molar-refractivity contribution in [3.05, 3.63) is 0 Å². The van der Waals surface area contributed by atoms with Gasteiger partial charge >= 0.3 is 0 Å². The van der Waals surface area contributed by atoms with E-state index in [9.17, 15) is 9.59 Å². The van der Waals surface area contributed by atoms with Crippen LogP contribution in [0.15, 0.2) is 0 Å². The quantitative estimate of drug-likeness (QED) is 0.596. The third kappa shape index (κ3) is 6.77. The number of hydrogen-bond donors (Lipinski definition) is 3. The Kier molecular flexibility index (Phi) is 7.71. The van der Waals surface area contributed by atoms with Gasteiger partial charge in [-0.2, -0.15) is 0 Å². The van der Waals surface area contributed by atoms with Crippen molar-refractivity contribution in [1.82, 2.24) is 16.0 Å². The van der Waals surface area contributed by atoms with Gasteiger partial charge in [-0.05, 0) is 50.6 Å². The molecule has 1 saturated carbocycles. The molecule has 1 saturated heterocycles. The average molecular weight is 309 g/mol. The van der Waals surface area contributed by atoms with Gasteiger partial charge in [-0.3, -0.25) is 9.59 Å². The Morgan fingerprint density at radius 1 is 0.909 bits per heavy atom. The number of nitrogens with one attached hydrogen (secondary N) is 3. The van der Waals surface area contributed by atoms with Gasteiger partial charge in [-0.15, -0.1) is 0 Å². The second-order valence-electron chi connectivity index (χ2n) is 6.81. The summed E-state index contributed by atoms with van der Waals surface area (Å²) in [6, 6.07) is 0. The summed E-state index contributed by atoms with van der Waals surface area (Å²) in [6.45, 7) is 3.21. The highest BCUT2D eigenvalue weighted by atomic mass is 16.2. The first-order valence-corrected chi connectivity index (χ1v) is 8.98. The maximum Gasteiger partial charge on any atom is 0.220 e. The van der Waals surface area contributed by atoms with Crippen molar-refractivity contribution < 1.29 is 9.59 Å². The number of hydrogen-bond acceptors (Lipinski definition) is 3. The first-order valence-electron chi connectivity index (χ1n) is 8.98. The summed E-state index contributed by atoms with van der Waals surface area (Å²) >= 11 is 0. The van der Waals surface area contributed by atoms with Crippen LogP contribution in [0, 0.1) is 11.8 Å². The molecule has 2 aliphatic rings. The zero-order chi connectivity index (χ0) is 15.6. The molecule has 0 aromatic heterocycles. The van der Waals surface area contributed by atoms with Crippen molar-refractivity contribution >= 4 is 11.8 Å². The van der Waals surface area contributed by atoms with Gasteiger partial charge in [0.05, 0.1) is 0 Å². The molecular weight excluding hydrogens is 278 g/mol. The molecule has 5 nitrogen and oxygen atoms in total. The molecule has 2 fully saturated rings. The fraction of sp³-hybridized carbons (Fsp3) is 0.882. The van der Waals surface area contributed by atoms with Crippen molar-refractivity contribution in [2.75, 3.05) is 26.2 Å². The van der Waals surface area contributed by atoms with E-state index in [1.54, 1.807) is 0 Å². The normalized spacial score (nSPS) is 22.5. The highest BCUT2D eigenvalue weighted by molar-refractivity contribution is 5.77. The van der Waals surface area contributed by atoms with Gasteiger partial charge in [0.1, 0.15) is 0 Å². The highest BCUT2D eigenvalue weighted by Gasteiger charge is 2.17. The molecule has 1 heterocycles. The summed E-state index contributed by atoms with van der Waals surface area (Å²) in [7, 11) is 0. The molecule has 0 aromatic carbocycles. The van der Waals surface area contributed by atoms with Gasteiger partial charge in [-0.1, -0.05) is 19.3 Å². The van der Waals surface area contributed by atoms with E-state index >= 15 is 0 Å². The molecule has 5 heteroatoms. The minimum Gasteiger partial charge on any atom is -0.354 e. The lowest BCUT2D eigenvalue weighted by atomic mass is 9.87. The summed E-state index contributed by atoms with van der Waals surface area (Å²) in [5, 5.41) is 9.13. The predicted molar refractivity (Wildman–Crippen MR) is 87.4 cm³/mol. The van der Waals surface area contributed by atoms with Crippen LogP contribution in [0.5, 0.6) is 0 Å². The van der Waals surface area contributed by atoms with Crippen LogP contribution in [0.3, 0.4) is 0 Å². The van der Waals surface area contributed by atoms with Gasteiger partial charge in [0.15, 0.2) is 0 Å². The van der Waals surface area contributed by atoms with Crippen LogP contribution in [-0.4, -0.2) is 38.0 Å². The Labute approximate surface area is 134 Å². The van der Waals surface area contributed by atoms with E-state index in [1.807, 2.05) is 0 Å². The molecular formula is C17H31N3O2. The van der Waals surface area contributed by atoms with E-state index in [0.717, 1.165) is 19.5 Å².